The van der Waals surface area contributed by atoms with Gasteiger partial charge in [-0.25, -0.2) is 4.39 Å². The maximum Gasteiger partial charge on any atom is 0.416 e. The fourth-order valence-electron chi connectivity index (χ4n) is 5.42. The van der Waals surface area contributed by atoms with E-state index in [1.54, 1.807) is 11.1 Å². The standard InChI is InChI=1S/C31H26F7N3O2.ClH/c1-18-10-19(6-7-26(18)32)28(42)17-40-8-9-41(24(16-40)13-21-15-39-27-5-3-2-4-25(21)27)29(43)20-11-22(30(33,34)35)14-23(12-20)31(36,37)38;/h2-7,10-12,14-15,24,39H,8-9,13,16-17H2,1H3;1H/t24-;/m1./s1. The Hall–Kier alpha value is -3.90. The third-order valence-corrected chi connectivity index (χ3v) is 7.64. The van der Waals surface area contributed by atoms with Crippen molar-refractivity contribution in [3.05, 3.63) is 106 Å². The first-order chi connectivity index (χ1) is 20.2. The molecule has 1 fully saturated rings. The molecule has 1 aromatic heterocycles. The van der Waals surface area contributed by atoms with Crippen molar-refractivity contribution in [3.8, 4) is 0 Å². The first kappa shape index (κ1) is 33.0. The zero-order valence-electron chi connectivity index (χ0n) is 23.2. The summed E-state index contributed by atoms with van der Waals surface area (Å²) >= 11 is 0. The third kappa shape index (κ3) is 7.07. The molecule has 3 aromatic carbocycles. The predicted octanol–water partition coefficient (Wildman–Crippen LogP) is 7.33. The van der Waals surface area contributed by atoms with Gasteiger partial charge in [-0.2, -0.15) is 26.3 Å². The molecule has 0 bridgehead atoms. The van der Waals surface area contributed by atoms with Crippen molar-refractivity contribution in [2.24, 2.45) is 0 Å². The number of H-pyrrole nitrogens is 1. The molecule has 1 saturated heterocycles. The number of fused-ring (bicyclic) bond motifs is 1. The van der Waals surface area contributed by atoms with Gasteiger partial charge >= 0.3 is 12.4 Å². The van der Waals surface area contributed by atoms with E-state index in [1.807, 2.05) is 24.3 Å². The van der Waals surface area contributed by atoms with Gasteiger partial charge in [-0.05, 0) is 66.9 Å². The molecule has 5 rings (SSSR count). The van der Waals surface area contributed by atoms with Crippen molar-refractivity contribution < 1.29 is 40.3 Å². The van der Waals surface area contributed by atoms with Gasteiger partial charge in [0.25, 0.3) is 5.91 Å². The van der Waals surface area contributed by atoms with Crippen LogP contribution in [-0.2, 0) is 18.8 Å². The average Bonchev–Trinajstić information content (AvgIpc) is 3.36. The van der Waals surface area contributed by atoms with Crippen molar-refractivity contribution in [2.45, 2.75) is 31.7 Å². The Kier molecular flexibility index (Phi) is 9.46. The van der Waals surface area contributed by atoms with E-state index >= 15 is 0 Å². The summed E-state index contributed by atoms with van der Waals surface area (Å²) < 4.78 is 94.9. The Morgan fingerprint density at radius 3 is 2.18 bits per heavy atom. The number of alkyl halides is 6. The lowest BCUT2D eigenvalue weighted by Crippen LogP contribution is -2.56. The summed E-state index contributed by atoms with van der Waals surface area (Å²) in [4.78, 5) is 32.8. The van der Waals surface area contributed by atoms with Gasteiger partial charge in [-0.15, -0.1) is 12.4 Å². The van der Waals surface area contributed by atoms with Crippen LogP contribution in [0.2, 0.25) is 0 Å². The number of hydrogen-bond acceptors (Lipinski definition) is 3. The van der Waals surface area contributed by atoms with Gasteiger partial charge in [-0.1, -0.05) is 18.2 Å². The Morgan fingerprint density at radius 2 is 1.55 bits per heavy atom. The van der Waals surface area contributed by atoms with Crippen LogP contribution in [-0.4, -0.2) is 58.7 Å². The van der Waals surface area contributed by atoms with Crippen LogP contribution in [0.1, 0.15) is 43.0 Å². The number of aromatic nitrogens is 1. The summed E-state index contributed by atoms with van der Waals surface area (Å²) in [6.45, 7) is 1.69. The van der Waals surface area contributed by atoms with E-state index in [-0.39, 0.29) is 56.9 Å². The minimum absolute atomic E-state index is 0. The zero-order chi connectivity index (χ0) is 31.1. The first-order valence-electron chi connectivity index (χ1n) is 13.4. The van der Waals surface area contributed by atoms with E-state index in [9.17, 15) is 40.3 Å². The lowest BCUT2D eigenvalue weighted by Gasteiger charge is -2.41. The highest BCUT2D eigenvalue weighted by Crippen LogP contribution is 2.37. The number of halogens is 8. The number of nitrogens with zero attached hydrogens (tertiary/aromatic N) is 2. The highest BCUT2D eigenvalue weighted by atomic mass is 35.5. The Balaban J connectivity index is 0.00000442. The second-order valence-electron chi connectivity index (χ2n) is 10.6. The van der Waals surface area contributed by atoms with Crippen LogP contribution in [0.15, 0.2) is 66.9 Å². The van der Waals surface area contributed by atoms with Gasteiger partial charge in [0.1, 0.15) is 5.82 Å². The molecule has 234 valence electrons. The molecule has 0 spiro atoms. The molecule has 44 heavy (non-hydrogen) atoms. The summed E-state index contributed by atoms with van der Waals surface area (Å²) in [5, 5.41) is 0.850. The monoisotopic (exact) mass is 641 g/mol. The molecule has 0 radical (unpaired) electrons. The lowest BCUT2D eigenvalue weighted by molar-refractivity contribution is -0.143. The van der Waals surface area contributed by atoms with Crippen molar-refractivity contribution >= 4 is 35.0 Å². The van der Waals surface area contributed by atoms with Gasteiger partial charge in [-0.3, -0.25) is 14.5 Å². The molecule has 1 N–H and O–H groups in total. The molecule has 2 heterocycles. The first-order valence-corrected chi connectivity index (χ1v) is 13.4. The van der Waals surface area contributed by atoms with Gasteiger partial charge in [0, 0.05) is 53.9 Å². The average molecular weight is 642 g/mol. The van der Waals surface area contributed by atoms with Gasteiger partial charge in [0.2, 0.25) is 0 Å². The summed E-state index contributed by atoms with van der Waals surface area (Å²) in [5.74, 6) is -1.71. The number of aryl methyl sites for hydroxylation is 1. The topological polar surface area (TPSA) is 56.4 Å². The number of carbonyl (C=O) groups excluding carboxylic acids is 2. The molecule has 0 unspecified atom stereocenters. The normalized spacial score (nSPS) is 16.2. The number of aromatic amines is 1. The summed E-state index contributed by atoms with van der Waals surface area (Å²) in [6.07, 6.45) is -8.24. The molecular formula is C31H27ClF7N3O2. The highest BCUT2D eigenvalue weighted by molar-refractivity contribution is 5.98. The number of Topliss-reactive ketones (excluding diaryl/α,β-unsaturated/α-hetero) is 1. The number of nitrogens with one attached hydrogen (secondary N) is 1. The fourth-order valence-corrected chi connectivity index (χ4v) is 5.42. The van der Waals surface area contributed by atoms with E-state index in [1.165, 1.54) is 30.0 Å². The lowest BCUT2D eigenvalue weighted by atomic mass is 9.98. The smallest absolute Gasteiger partial charge is 0.361 e. The van der Waals surface area contributed by atoms with Crippen LogP contribution in [0.3, 0.4) is 0 Å². The number of carbonyl (C=O) groups is 2. The molecule has 5 nitrogen and oxygen atoms in total. The molecule has 0 saturated carbocycles. The molecule has 1 atom stereocenters. The number of piperazine rings is 1. The van der Waals surface area contributed by atoms with Crippen LogP contribution < -0.4 is 0 Å². The van der Waals surface area contributed by atoms with E-state index < -0.39 is 46.8 Å². The van der Waals surface area contributed by atoms with Crippen LogP contribution in [0.5, 0.6) is 0 Å². The summed E-state index contributed by atoms with van der Waals surface area (Å²) in [5.41, 5.74) is -1.65. The van der Waals surface area contributed by atoms with Crippen molar-refractivity contribution in [1.29, 1.82) is 0 Å². The quantitative estimate of drug-likeness (QED) is 0.177. The van der Waals surface area contributed by atoms with Crippen molar-refractivity contribution in [3.63, 3.8) is 0 Å². The molecule has 1 amide bonds. The van der Waals surface area contributed by atoms with Crippen LogP contribution in [0.25, 0.3) is 10.9 Å². The molecule has 4 aromatic rings. The zero-order valence-corrected chi connectivity index (χ0v) is 24.0. The van der Waals surface area contributed by atoms with Crippen LogP contribution >= 0.6 is 12.4 Å². The maximum atomic E-state index is 13.7. The maximum absolute atomic E-state index is 13.7. The molecular weight excluding hydrogens is 615 g/mol. The number of hydrogen-bond donors (Lipinski definition) is 1. The third-order valence-electron chi connectivity index (χ3n) is 7.64. The Labute approximate surface area is 254 Å². The van der Waals surface area contributed by atoms with E-state index in [0.29, 0.717) is 23.3 Å². The van der Waals surface area contributed by atoms with E-state index in [4.69, 9.17) is 0 Å². The number of benzene rings is 3. The van der Waals surface area contributed by atoms with Crippen molar-refractivity contribution in [1.82, 2.24) is 14.8 Å². The summed E-state index contributed by atoms with van der Waals surface area (Å²) in [7, 11) is 0. The van der Waals surface area contributed by atoms with Gasteiger partial charge < -0.3 is 9.88 Å². The molecule has 1 aliphatic rings. The molecule has 13 heteroatoms. The highest BCUT2D eigenvalue weighted by Gasteiger charge is 2.39. The second kappa shape index (κ2) is 12.6. The SMILES string of the molecule is Cc1cc(C(=O)CN2CCN(C(=O)c3cc(C(F)(F)F)cc(C(F)(F)F)c3)[C@H](Cc3c[nH]c4ccccc34)C2)ccc1F.Cl. The van der Waals surface area contributed by atoms with Crippen LogP contribution in [0.4, 0.5) is 30.7 Å². The van der Waals surface area contributed by atoms with Crippen molar-refractivity contribution in [2.75, 3.05) is 26.2 Å². The Morgan fingerprint density at radius 1 is 0.886 bits per heavy atom. The largest absolute Gasteiger partial charge is 0.416 e. The minimum Gasteiger partial charge on any atom is -0.361 e. The van der Waals surface area contributed by atoms with Crippen LogP contribution in [0, 0.1) is 12.7 Å². The second-order valence-corrected chi connectivity index (χ2v) is 10.6. The molecule has 0 aliphatic carbocycles. The fraction of sp³-hybridized carbons (Fsp3) is 0.290. The van der Waals surface area contributed by atoms with Gasteiger partial charge in [0.15, 0.2) is 5.78 Å². The van der Waals surface area contributed by atoms with E-state index in [0.717, 1.165) is 16.5 Å². The number of amides is 1. The number of para-hydroxylation sites is 1. The van der Waals surface area contributed by atoms with Gasteiger partial charge in [0.05, 0.1) is 17.7 Å². The Bertz CT molecular complexity index is 1650. The predicted molar refractivity (Wildman–Crippen MR) is 152 cm³/mol. The minimum atomic E-state index is -5.10. The number of ketones is 1. The number of rotatable bonds is 6. The van der Waals surface area contributed by atoms with E-state index in [2.05, 4.69) is 4.98 Å². The summed E-state index contributed by atoms with van der Waals surface area (Å²) in [6, 6.07) is 11.5. The molecule has 1 aliphatic heterocycles.